The Bertz CT molecular complexity index is 1040. The molecule has 1 fully saturated rings. The molecule has 5 nitrogen and oxygen atoms in total. The van der Waals surface area contributed by atoms with Gasteiger partial charge in [0.25, 0.3) is 0 Å². The zero-order valence-electron chi connectivity index (χ0n) is 18.0. The fraction of sp³-hybridized carbons (Fsp3) is 0.391. The highest BCUT2D eigenvalue weighted by Gasteiger charge is 2.48. The van der Waals surface area contributed by atoms with Crippen molar-refractivity contribution in [3.63, 3.8) is 0 Å². The molecule has 0 radical (unpaired) electrons. The van der Waals surface area contributed by atoms with Crippen LogP contribution in [0.15, 0.2) is 24.3 Å². The second-order valence-corrected chi connectivity index (χ2v) is 8.16. The van der Waals surface area contributed by atoms with E-state index >= 15 is 0 Å². The maximum atomic E-state index is 14.0. The molecule has 0 N–H and O–H groups in total. The van der Waals surface area contributed by atoms with Crippen molar-refractivity contribution < 1.29 is 45.8 Å². The smallest absolute Gasteiger partial charge is 0.338 e. The van der Waals surface area contributed by atoms with Gasteiger partial charge in [-0.05, 0) is 31.7 Å². The van der Waals surface area contributed by atoms with E-state index in [0.717, 1.165) is 11.1 Å². The van der Waals surface area contributed by atoms with E-state index in [4.69, 9.17) is 9.47 Å². The minimum atomic E-state index is -2.39. The van der Waals surface area contributed by atoms with Gasteiger partial charge in [0, 0.05) is 13.8 Å². The Morgan fingerprint density at radius 3 is 2.06 bits per heavy atom. The summed E-state index contributed by atoms with van der Waals surface area (Å²) in [5.74, 6) is -18.3. The van der Waals surface area contributed by atoms with Gasteiger partial charge in [0.05, 0.1) is 5.92 Å². The minimum Gasteiger partial charge on any atom is -0.432 e. The maximum Gasteiger partial charge on any atom is 0.338 e. The van der Waals surface area contributed by atoms with Crippen molar-refractivity contribution in [2.75, 3.05) is 0 Å². The van der Waals surface area contributed by atoms with Crippen LogP contribution in [0.5, 0.6) is 5.75 Å². The summed E-state index contributed by atoms with van der Waals surface area (Å²) in [6.45, 7) is 4.76. The maximum absolute atomic E-state index is 14.0. The van der Waals surface area contributed by atoms with Gasteiger partial charge in [-0.15, -0.1) is 0 Å². The normalized spacial score (nSPS) is 18.2. The van der Waals surface area contributed by atoms with Crippen LogP contribution in [0.1, 0.15) is 37.8 Å². The van der Waals surface area contributed by atoms with Crippen molar-refractivity contribution in [1.29, 1.82) is 0 Å². The van der Waals surface area contributed by atoms with Crippen molar-refractivity contribution in [3.05, 3.63) is 64.5 Å². The molecule has 2 aromatic carbocycles. The first-order valence-corrected chi connectivity index (χ1v) is 10.1. The van der Waals surface area contributed by atoms with Gasteiger partial charge in [0.15, 0.2) is 6.10 Å². The van der Waals surface area contributed by atoms with Crippen molar-refractivity contribution in [3.8, 4) is 5.75 Å². The lowest BCUT2D eigenvalue weighted by molar-refractivity contribution is -0.163. The van der Waals surface area contributed by atoms with E-state index in [1.54, 1.807) is 0 Å². The molecule has 0 aliphatic carbocycles. The Morgan fingerprint density at radius 1 is 1.00 bits per heavy atom. The van der Waals surface area contributed by atoms with Crippen LogP contribution in [0.4, 0.5) is 22.0 Å². The van der Waals surface area contributed by atoms with E-state index in [9.17, 15) is 31.5 Å². The fourth-order valence-electron chi connectivity index (χ4n) is 3.45. The lowest BCUT2D eigenvalue weighted by atomic mass is 9.94. The van der Waals surface area contributed by atoms with Crippen LogP contribution in [0, 0.1) is 41.9 Å². The first kappa shape index (κ1) is 24.6. The molecule has 10 heteroatoms. The number of halogens is 5. The summed E-state index contributed by atoms with van der Waals surface area (Å²) in [5, 5.41) is 0. The van der Waals surface area contributed by atoms with Crippen molar-refractivity contribution in [2.45, 2.75) is 51.9 Å². The molecule has 0 saturated carbocycles. The zero-order valence-corrected chi connectivity index (χ0v) is 18.0. The summed E-state index contributed by atoms with van der Waals surface area (Å²) in [6, 6.07) is 7.54. The molecule has 0 spiro atoms. The molecule has 1 saturated heterocycles. The third-order valence-corrected chi connectivity index (χ3v) is 5.13. The SMILES string of the molecule is Cc1ccc(CCC[C@@H](C(=O)Oc2c(F)c(F)c(F)c(F)c2F)[C@@H]2OC(C)(C)OC2=O)cc1. The van der Waals surface area contributed by atoms with Crippen molar-refractivity contribution >= 4 is 11.9 Å². The minimum absolute atomic E-state index is 0.0437. The average Bonchev–Trinajstić information content (AvgIpc) is 3.04. The van der Waals surface area contributed by atoms with Gasteiger partial charge in [-0.1, -0.05) is 29.8 Å². The number of esters is 2. The van der Waals surface area contributed by atoms with Gasteiger partial charge < -0.3 is 14.2 Å². The number of aryl methyl sites for hydroxylation is 2. The van der Waals surface area contributed by atoms with Gasteiger partial charge in [-0.3, -0.25) is 4.79 Å². The lowest BCUT2D eigenvalue weighted by Crippen LogP contribution is -2.37. The Kier molecular flexibility index (Phi) is 7.06. The summed E-state index contributed by atoms with van der Waals surface area (Å²) >= 11 is 0. The molecule has 178 valence electrons. The van der Waals surface area contributed by atoms with Crippen LogP contribution in [0.2, 0.25) is 0 Å². The first-order chi connectivity index (χ1) is 15.4. The Morgan fingerprint density at radius 2 is 1.55 bits per heavy atom. The van der Waals surface area contributed by atoms with Gasteiger partial charge in [-0.25, -0.2) is 18.0 Å². The van der Waals surface area contributed by atoms with Crippen LogP contribution in [0.25, 0.3) is 0 Å². The van der Waals surface area contributed by atoms with Crippen LogP contribution < -0.4 is 4.74 Å². The molecule has 1 heterocycles. The van der Waals surface area contributed by atoms with Crippen LogP contribution in [-0.4, -0.2) is 23.8 Å². The standard InChI is InChI=1S/C23H21F5O5/c1-11-7-9-12(10-8-11)5-4-6-13(19-22(30)33-23(2,3)32-19)21(29)31-20-17(27)15(25)14(24)16(26)18(20)28/h7-10,13,19H,4-6H2,1-3H3/t13-,19+/m1/s1. The summed E-state index contributed by atoms with van der Waals surface area (Å²) in [6.07, 6.45) is -0.713. The Labute approximate surface area is 186 Å². The molecule has 33 heavy (non-hydrogen) atoms. The largest absolute Gasteiger partial charge is 0.432 e. The van der Waals surface area contributed by atoms with Gasteiger partial charge in [-0.2, -0.15) is 8.78 Å². The highest BCUT2D eigenvalue weighted by molar-refractivity contribution is 5.86. The summed E-state index contributed by atoms with van der Waals surface area (Å²) in [7, 11) is 0. The van der Waals surface area contributed by atoms with Crippen LogP contribution in [0.3, 0.4) is 0 Å². The number of carbonyl (C=O) groups is 2. The van der Waals surface area contributed by atoms with Gasteiger partial charge in [0.1, 0.15) is 0 Å². The average molecular weight is 472 g/mol. The van der Waals surface area contributed by atoms with Crippen molar-refractivity contribution in [2.24, 2.45) is 5.92 Å². The van der Waals surface area contributed by atoms with Crippen LogP contribution >= 0.6 is 0 Å². The molecule has 3 rings (SSSR count). The molecule has 0 bridgehead atoms. The molecule has 0 amide bonds. The van der Waals surface area contributed by atoms with E-state index < -0.39 is 64.6 Å². The topological polar surface area (TPSA) is 61.8 Å². The Balaban J connectivity index is 1.83. The highest BCUT2D eigenvalue weighted by Crippen LogP contribution is 2.34. The molecule has 1 aliphatic rings. The first-order valence-electron chi connectivity index (χ1n) is 10.1. The zero-order chi connectivity index (χ0) is 24.5. The lowest BCUT2D eigenvalue weighted by Gasteiger charge is -2.21. The highest BCUT2D eigenvalue weighted by atomic mass is 19.2. The summed E-state index contributed by atoms with van der Waals surface area (Å²) < 4.78 is 83.3. The molecule has 2 atom stereocenters. The van der Waals surface area contributed by atoms with Crippen LogP contribution in [-0.2, 0) is 25.5 Å². The van der Waals surface area contributed by atoms with E-state index in [1.807, 2.05) is 31.2 Å². The van der Waals surface area contributed by atoms with Crippen molar-refractivity contribution in [1.82, 2.24) is 0 Å². The Hall–Kier alpha value is -3.01. The number of cyclic esters (lactones) is 1. The molecule has 0 aromatic heterocycles. The third-order valence-electron chi connectivity index (χ3n) is 5.13. The fourth-order valence-corrected chi connectivity index (χ4v) is 3.45. The number of ether oxygens (including phenoxy) is 3. The number of hydrogen-bond donors (Lipinski definition) is 0. The second-order valence-electron chi connectivity index (χ2n) is 8.16. The predicted molar refractivity (Wildman–Crippen MR) is 105 cm³/mol. The van der Waals surface area contributed by atoms with E-state index in [0.29, 0.717) is 12.8 Å². The number of benzene rings is 2. The predicted octanol–water partition coefficient (Wildman–Crippen LogP) is 4.91. The summed E-state index contributed by atoms with van der Waals surface area (Å²) in [4.78, 5) is 25.0. The quantitative estimate of drug-likeness (QED) is 0.188. The molecular weight excluding hydrogens is 451 g/mol. The van der Waals surface area contributed by atoms with Gasteiger partial charge in [0.2, 0.25) is 40.6 Å². The molecule has 1 aliphatic heterocycles. The summed E-state index contributed by atoms with van der Waals surface area (Å²) in [5.41, 5.74) is 1.98. The monoisotopic (exact) mass is 472 g/mol. The number of hydrogen-bond acceptors (Lipinski definition) is 5. The molecule has 2 aromatic rings. The van der Waals surface area contributed by atoms with E-state index in [-0.39, 0.29) is 6.42 Å². The molecular formula is C23H21F5O5. The second kappa shape index (κ2) is 9.46. The number of carbonyl (C=O) groups excluding carboxylic acids is 2. The van der Waals surface area contributed by atoms with Gasteiger partial charge >= 0.3 is 11.9 Å². The third kappa shape index (κ3) is 5.32. The van der Waals surface area contributed by atoms with E-state index in [1.165, 1.54) is 13.8 Å². The van der Waals surface area contributed by atoms with E-state index in [2.05, 4.69) is 4.74 Å². The molecule has 0 unspecified atom stereocenters. The number of rotatable bonds is 7.